The molecule has 3 heteroatoms. The highest BCUT2D eigenvalue weighted by Gasteiger charge is 1.98. The van der Waals surface area contributed by atoms with E-state index in [1.807, 2.05) is 20.8 Å². The second-order valence-electron chi connectivity index (χ2n) is 2.33. The highest BCUT2D eigenvalue weighted by atomic mass is 16.1. The first-order chi connectivity index (χ1) is 4.16. The molecule has 0 aliphatic rings. The van der Waals surface area contributed by atoms with E-state index in [0.717, 1.165) is 0 Å². The Morgan fingerprint density at radius 2 is 1.89 bits per heavy atom. The van der Waals surface area contributed by atoms with Crippen molar-refractivity contribution >= 4 is 6.41 Å². The molecule has 0 rings (SSSR count). The summed E-state index contributed by atoms with van der Waals surface area (Å²) in [6, 6.07) is 0.410. The zero-order valence-electron chi connectivity index (χ0n) is 6.14. The normalized spacial score (nSPS) is 13.3. The van der Waals surface area contributed by atoms with Gasteiger partial charge in [-0.05, 0) is 20.8 Å². The molecule has 54 valence electrons. The van der Waals surface area contributed by atoms with Crippen LogP contribution in [0.2, 0.25) is 0 Å². The van der Waals surface area contributed by atoms with Crippen LogP contribution in [0.15, 0.2) is 0 Å². The van der Waals surface area contributed by atoms with Gasteiger partial charge in [-0.3, -0.25) is 10.1 Å². The van der Waals surface area contributed by atoms with Gasteiger partial charge in [0.2, 0.25) is 6.41 Å². The van der Waals surface area contributed by atoms with Crippen LogP contribution < -0.4 is 10.6 Å². The molecule has 0 aliphatic heterocycles. The molecule has 0 bridgehead atoms. The molecule has 1 atom stereocenters. The number of nitrogens with one attached hydrogen (secondary N) is 2. The van der Waals surface area contributed by atoms with Crippen LogP contribution in [0.3, 0.4) is 0 Å². The van der Waals surface area contributed by atoms with E-state index in [9.17, 15) is 4.79 Å². The van der Waals surface area contributed by atoms with E-state index in [4.69, 9.17) is 0 Å². The first-order valence-electron chi connectivity index (χ1n) is 3.12. The van der Waals surface area contributed by atoms with E-state index in [-0.39, 0.29) is 6.17 Å². The summed E-state index contributed by atoms with van der Waals surface area (Å²) in [5.41, 5.74) is 0. The van der Waals surface area contributed by atoms with Gasteiger partial charge in [-0.25, -0.2) is 0 Å². The lowest BCUT2D eigenvalue weighted by Crippen LogP contribution is -2.42. The molecule has 9 heavy (non-hydrogen) atoms. The van der Waals surface area contributed by atoms with E-state index < -0.39 is 0 Å². The summed E-state index contributed by atoms with van der Waals surface area (Å²) in [6.45, 7) is 5.96. The molecular weight excluding hydrogens is 116 g/mol. The van der Waals surface area contributed by atoms with Gasteiger partial charge in [0.1, 0.15) is 0 Å². The predicted octanol–water partition coefficient (Wildman–Crippen LogP) is 0.0764. The Morgan fingerprint density at radius 3 is 2.22 bits per heavy atom. The van der Waals surface area contributed by atoms with Crippen molar-refractivity contribution in [1.29, 1.82) is 0 Å². The fourth-order valence-corrected chi connectivity index (χ4v) is 0.650. The molecule has 0 unspecified atom stereocenters. The van der Waals surface area contributed by atoms with Crippen molar-refractivity contribution in [2.75, 3.05) is 0 Å². The molecule has 0 aromatic heterocycles. The lowest BCUT2D eigenvalue weighted by atomic mass is 10.4. The van der Waals surface area contributed by atoms with Gasteiger partial charge in [0.25, 0.3) is 0 Å². The quantitative estimate of drug-likeness (QED) is 0.418. The fourth-order valence-electron chi connectivity index (χ4n) is 0.650. The lowest BCUT2D eigenvalue weighted by Gasteiger charge is -2.14. The number of rotatable bonds is 4. The molecule has 2 N–H and O–H groups in total. The zero-order valence-corrected chi connectivity index (χ0v) is 6.14. The summed E-state index contributed by atoms with van der Waals surface area (Å²) >= 11 is 0. The van der Waals surface area contributed by atoms with Crippen LogP contribution in [0.5, 0.6) is 0 Å². The summed E-state index contributed by atoms with van der Waals surface area (Å²) in [6.07, 6.45) is 0.766. The Balaban J connectivity index is 3.25. The second kappa shape index (κ2) is 4.32. The Hall–Kier alpha value is -0.570. The van der Waals surface area contributed by atoms with Crippen molar-refractivity contribution in [3.8, 4) is 0 Å². The Kier molecular flexibility index (Phi) is 4.05. The van der Waals surface area contributed by atoms with Crippen molar-refractivity contribution in [3.05, 3.63) is 0 Å². The van der Waals surface area contributed by atoms with Gasteiger partial charge in [-0.15, -0.1) is 0 Å². The average molecular weight is 130 g/mol. The largest absolute Gasteiger partial charge is 0.344 e. The Labute approximate surface area is 55.8 Å². The molecule has 0 heterocycles. The molecule has 0 aromatic rings. The van der Waals surface area contributed by atoms with Gasteiger partial charge in [-0.2, -0.15) is 0 Å². The van der Waals surface area contributed by atoms with Crippen LogP contribution >= 0.6 is 0 Å². The molecule has 0 fully saturated rings. The average Bonchev–Trinajstić information content (AvgIpc) is 1.63. The van der Waals surface area contributed by atoms with Crippen LogP contribution in [-0.2, 0) is 4.79 Å². The number of amides is 1. The van der Waals surface area contributed by atoms with E-state index >= 15 is 0 Å². The minimum Gasteiger partial charge on any atom is -0.344 e. The Morgan fingerprint density at radius 1 is 1.33 bits per heavy atom. The predicted molar refractivity (Wildman–Crippen MR) is 36.9 cm³/mol. The molecule has 0 aliphatic carbocycles. The number of carbonyl (C=O) groups is 1. The van der Waals surface area contributed by atoms with Crippen molar-refractivity contribution in [3.63, 3.8) is 0 Å². The maximum absolute atomic E-state index is 9.85. The van der Waals surface area contributed by atoms with Gasteiger partial charge in [0.15, 0.2) is 0 Å². The summed E-state index contributed by atoms with van der Waals surface area (Å²) in [7, 11) is 0. The zero-order chi connectivity index (χ0) is 7.28. The van der Waals surface area contributed by atoms with Gasteiger partial charge < -0.3 is 5.32 Å². The monoisotopic (exact) mass is 130 g/mol. The van der Waals surface area contributed by atoms with Gasteiger partial charge in [0, 0.05) is 6.04 Å². The topological polar surface area (TPSA) is 41.1 Å². The van der Waals surface area contributed by atoms with Crippen molar-refractivity contribution in [2.45, 2.75) is 33.0 Å². The standard InChI is InChI=1S/C6H14N2O/c1-5(2)8-6(3)7-4-9/h4-6,8H,1-3H3,(H,7,9)/t6-/m0/s1. The second-order valence-corrected chi connectivity index (χ2v) is 2.33. The third-order valence-corrected chi connectivity index (χ3v) is 0.901. The van der Waals surface area contributed by atoms with E-state index in [2.05, 4.69) is 10.6 Å². The van der Waals surface area contributed by atoms with E-state index in [1.165, 1.54) is 0 Å². The van der Waals surface area contributed by atoms with Gasteiger partial charge in [-0.1, -0.05) is 0 Å². The summed E-state index contributed by atoms with van der Waals surface area (Å²) in [5, 5.41) is 5.69. The van der Waals surface area contributed by atoms with Crippen molar-refractivity contribution in [1.82, 2.24) is 10.6 Å². The minimum atomic E-state index is 0.0718. The highest BCUT2D eigenvalue weighted by molar-refractivity contribution is 5.46. The number of hydrogen-bond donors (Lipinski definition) is 2. The third-order valence-electron chi connectivity index (χ3n) is 0.901. The van der Waals surface area contributed by atoms with Gasteiger partial charge >= 0.3 is 0 Å². The first-order valence-corrected chi connectivity index (χ1v) is 3.12. The number of hydrogen-bond acceptors (Lipinski definition) is 2. The molecule has 3 nitrogen and oxygen atoms in total. The van der Waals surface area contributed by atoms with Crippen molar-refractivity contribution < 1.29 is 4.79 Å². The molecular formula is C6H14N2O. The summed E-state index contributed by atoms with van der Waals surface area (Å²) in [5.74, 6) is 0. The SMILES string of the molecule is CC(C)N[C@@H](C)NC=O. The molecule has 0 saturated carbocycles. The van der Waals surface area contributed by atoms with Crippen LogP contribution in [0.4, 0.5) is 0 Å². The van der Waals surface area contributed by atoms with Crippen LogP contribution in [-0.4, -0.2) is 18.6 Å². The molecule has 1 amide bonds. The maximum Gasteiger partial charge on any atom is 0.208 e. The van der Waals surface area contributed by atoms with E-state index in [1.54, 1.807) is 0 Å². The minimum absolute atomic E-state index is 0.0718. The summed E-state index contributed by atoms with van der Waals surface area (Å²) < 4.78 is 0. The fraction of sp³-hybridized carbons (Fsp3) is 0.833. The van der Waals surface area contributed by atoms with E-state index in [0.29, 0.717) is 12.5 Å². The van der Waals surface area contributed by atoms with Crippen LogP contribution in [0.1, 0.15) is 20.8 Å². The molecule has 0 spiro atoms. The van der Waals surface area contributed by atoms with Crippen LogP contribution in [0, 0.1) is 0 Å². The molecule has 0 saturated heterocycles. The van der Waals surface area contributed by atoms with Gasteiger partial charge in [0.05, 0.1) is 6.17 Å². The molecule has 0 radical (unpaired) electrons. The third kappa shape index (κ3) is 5.30. The molecule has 0 aromatic carbocycles. The lowest BCUT2D eigenvalue weighted by molar-refractivity contribution is -0.110. The van der Waals surface area contributed by atoms with Crippen LogP contribution in [0.25, 0.3) is 0 Å². The number of carbonyl (C=O) groups excluding carboxylic acids is 1. The maximum atomic E-state index is 9.85. The highest BCUT2D eigenvalue weighted by Crippen LogP contribution is 1.78. The summed E-state index contributed by atoms with van der Waals surface area (Å²) in [4.78, 5) is 9.85. The first kappa shape index (κ1) is 8.43. The Bertz CT molecular complexity index is 83.1. The van der Waals surface area contributed by atoms with Crippen molar-refractivity contribution in [2.24, 2.45) is 0 Å². The smallest absolute Gasteiger partial charge is 0.208 e.